The Kier molecular flexibility index (Phi) is 2.63. The number of primary amides is 1. The highest BCUT2D eigenvalue weighted by molar-refractivity contribution is 8.00. The average molecular weight is 255 g/mol. The molecule has 1 amide bonds. The molecular weight excluding hydrogens is 242 g/mol. The van der Waals surface area contributed by atoms with Crippen molar-refractivity contribution in [1.82, 2.24) is 0 Å². The van der Waals surface area contributed by atoms with Gasteiger partial charge in [0.2, 0.25) is 5.91 Å². The van der Waals surface area contributed by atoms with Crippen molar-refractivity contribution in [3.05, 3.63) is 53.6 Å². The number of hydrogen-bond donors (Lipinski definition) is 1. The van der Waals surface area contributed by atoms with Crippen molar-refractivity contribution < 1.29 is 4.79 Å². The summed E-state index contributed by atoms with van der Waals surface area (Å²) >= 11 is 1.54. The Labute approximate surface area is 110 Å². The van der Waals surface area contributed by atoms with Crippen LogP contribution in [0.3, 0.4) is 0 Å². The van der Waals surface area contributed by atoms with Crippen molar-refractivity contribution in [3.8, 4) is 11.1 Å². The van der Waals surface area contributed by atoms with Crippen LogP contribution in [0.25, 0.3) is 11.1 Å². The van der Waals surface area contributed by atoms with Crippen LogP contribution in [-0.2, 0) is 4.79 Å². The molecular formula is C15H13NOS. The summed E-state index contributed by atoms with van der Waals surface area (Å²) in [7, 11) is 0. The maximum atomic E-state index is 11.6. The lowest BCUT2D eigenvalue weighted by Gasteiger charge is -2.25. The number of fused-ring (bicyclic) bond motifs is 3. The van der Waals surface area contributed by atoms with Gasteiger partial charge in [-0.25, -0.2) is 0 Å². The zero-order valence-corrected chi connectivity index (χ0v) is 10.8. The molecule has 2 N–H and O–H groups in total. The molecule has 3 rings (SSSR count). The number of aryl methyl sites for hydroxylation is 1. The standard InChI is InChI=1S/C15H13NOS/c1-9-6-7-13-12(8-9)10-4-2-3-5-11(10)14(18-13)15(16)17/h2-8,14H,1H3,(H2,16,17). The third-order valence-corrected chi connectivity index (χ3v) is 4.50. The van der Waals surface area contributed by atoms with E-state index in [0.717, 1.165) is 16.0 Å². The van der Waals surface area contributed by atoms with E-state index in [0.29, 0.717) is 0 Å². The van der Waals surface area contributed by atoms with Crippen molar-refractivity contribution in [3.63, 3.8) is 0 Å². The highest BCUT2D eigenvalue weighted by Gasteiger charge is 2.28. The summed E-state index contributed by atoms with van der Waals surface area (Å²) < 4.78 is 0. The van der Waals surface area contributed by atoms with Gasteiger partial charge in [0.15, 0.2) is 0 Å². The molecule has 1 unspecified atom stereocenters. The Morgan fingerprint density at radius 3 is 2.72 bits per heavy atom. The van der Waals surface area contributed by atoms with E-state index in [1.807, 2.05) is 18.2 Å². The predicted octanol–water partition coefficient (Wildman–Crippen LogP) is 3.29. The molecule has 0 saturated carbocycles. The first-order valence-corrected chi connectivity index (χ1v) is 6.71. The second kappa shape index (κ2) is 4.18. The first kappa shape index (κ1) is 11.4. The molecule has 0 bridgehead atoms. The van der Waals surface area contributed by atoms with Gasteiger partial charge in [0, 0.05) is 4.90 Å². The minimum absolute atomic E-state index is 0.279. The van der Waals surface area contributed by atoms with E-state index in [-0.39, 0.29) is 11.2 Å². The molecule has 90 valence electrons. The number of carbonyl (C=O) groups is 1. The molecule has 18 heavy (non-hydrogen) atoms. The lowest BCUT2D eigenvalue weighted by Crippen LogP contribution is -2.21. The lowest BCUT2D eigenvalue weighted by atomic mass is 9.95. The van der Waals surface area contributed by atoms with Crippen molar-refractivity contribution in [2.45, 2.75) is 17.1 Å². The highest BCUT2D eigenvalue weighted by Crippen LogP contribution is 2.48. The third-order valence-electron chi connectivity index (χ3n) is 3.17. The van der Waals surface area contributed by atoms with Crippen molar-refractivity contribution in [1.29, 1.82) is 0 Å². The molecule has 0 spiro atoms. The van der Waals surface area contributed by atoms with Crippen LogP contribution in [0.2, 0.25) is 0 Å². The van der Waals surface area contributed by atoms with Crippen LogP contribution < -0.4 is 5.73 Å². The van der Waals surface area contributed by atoms with E-state index < -0.39 is 0 Å². The van der Waals surface area contributed by atoms with E-state index in [4.69, 9.17) is 5.73 Å². The van der Waals surface area contributed by atoms with Crippen LogP contribution in [0.5, 0.6) is 0 Å². The zero-order chi connectivity index (χ0) is 12.7. The van der Waals surface area contributed by atoms with Crippen LogP contribution in [0, 0.1) is 6.92 Å². The van der Waals surface area contributed by atoms with Crippen molar-refractivity contribution in [2.24, 2.45) is 5.73 Å². The molecule has 3 heteroatoms. The van der Waals surface area contributed by atoms with Gasteiger partial charge >= 0.3 is 0 Å². The summed E-state index contributed by atoms with van der Waals surface area (Å²) in [5.41, 5.74) is 10.1. The van der Waals surface area contributed by atoms with Crippen LogP contribution >= 0.6 is 11.8 Å². The molecule has 2 nitrogen and oxygen atoms in total. The van der Waals surface area contributed by atoms with Crippen molar-refractivity contribution >= 4 is 17.7 Å². The topological polar surface area (TPSA) is 43.1 Å². The van der Waals surface area contributed by atoms with Crippen LogP contribution in [-0.4, -0.2) is 5.91 Å². The van der Waals surface area contributed by atoms with Gasteiger partial charge in [-0.2, -0.15) is 0 Å². The minimum Gasteiger partial charge on any atom is -0.368 e. The minimum atomic E-state index is -0.281. The Morgan fingerprint density at radius 1 is 1.17 bits per heavy atom. The van der Waals surface area contributed by atoms with Crippen molar-refractivity contribution in [2.75, 3.05) is 0 Å². The second-order valence-electron chi connectivity index (χ2n) is 4.49. The molecule has 0 aromatic heterocycles. The molecule has 0 saturated heterocycles. The largest absolute Gasteiger partial charge is 0.368 e. The van der Waals surface area contributed by atoms with Gasteiger partial charge in [-0.05, 0) is 29.7 Å². The van der Waals surface area contributed by atoms with Gasteiger partial charge in [-0.3, -0.25) is 4.79 Å². The molecule has 2 aromatic carbocycles. The Balaban J connectivity index is 2.26. The van der Waals surface area contributed by atoms with Gasteiger partial charge < -0.3 is 5.73 Å². The van der Waals surface area contributed by atoms with Crippen LogP contribution in [0.1, 0.15) is 16.4 Å². The summed E-state index contributed by atoms with van der Waals surface area (Å²) in [6, 6.07) is 14.3. The lowest BCUT2D eigenvalue weighted by molar-refractivity contribution is -0.117. The van der Waals surface area contributed by atoms with Gasteiger partial charge in [-0.1, -0.05) is 42.0 Å². The Morgan fingerprint density at radius 2 is 1.94 bits per heavy atom. The number of thioether (sulfide) groups is 1. The normalized spacial score (nSPS) is 16.8. The fourth-order valence-electron chi connectivity index (χ4n) is 2.33. The SMILES string of the molecule is Cc1ccc2c(c1)-c1ccccc1C(C(N)=O)S2. The molecule has 1 atom stereocenters. The maximum absolute atomic E-state index is 11.6. The maximum Gasteiger partial charge on any atom is 0.235 e. The molecule has 0 aliphatic carbocycles. The number of amides is 1. The number of carbonyl (C=O) groups excluding carboxylic acids is 1. The molecule has 1 heterocycles. The third kappa shape index (κ3) is 1.71. The molecule has 1 aliphatic rings. The molecule has 0 fully saturated rings. The van der Waals surface area contributed by atoms with E-state index in [1.54, 1.807) is 11.8 Å². The average Bonchev–Trinajstić information content (AvgIpc) is 2.37. The smallest absolute Gasteiger partial charge is 0.235 e. The second-order valence-corrected chi connectivity index (χ2v) is 5.63. The van der Waals surface area contributed by atoms with Gasteiger partial charge in [0.25, 0.3) is 0 Å². The fourth-order valence-corrected chi connectivity index (χ4v) is 3.47. The molecule has 2 aromatic rings. The first-order valence-electron chi connectivity index (χ1n) is 5.83. The summed E-state index contributed by atoms with van der Waals surface area (Å²) in [4.78, 5) is 12.7. The number of benzene rings is 2. The monoisotopic (exact) mass is 255 g/mol. The van der Waals surface area contributed by atoms with Crippen LogP contribution in [0.4, 0.5) is 0 Å². The predicted molar refractivity (Wildman–Crippen MR) is 74.4 cm³/mol. The summed E-state index contributed by atoms with van der Waals surface area (Å²) in [6.45, 7) is 2.08. The number of rotatable bonds is 1. The first-order chi connectivity index (χ1) is 8.66. The van der Waals surface area contributed by atoms with Gasteiger partial charge in [0.05, 0.1) is 0 Å². The fraction of sp³-hybridized carbons (Fsp3) is 0.133. The summed E-state index contributed by atoms with van der Waals surface area (Å²) in [5, 5.41) is -0.281. The summed E-state index contributed by atoms with van der Waals surface area (Å²) in [5.74, 6) is -0.279. The number of nitrogens with two attached hydrogens (primary N) is 1. The van der Waals surface area contributed by atoms with E-state index in [2.05, 4.69) is 31.2 Å². The Hall–Kier alpha value is -1.74. The molecule has 1 aliphatic heterocycles. The number of hydrogen-bond acceptors (Lipinski definition) is 2. The summed E-state index contributed by atoms with van der Waals surface area (Å²) in [6.07, 6.45) is 0. The Bertz CT molecular complexity index is 636. The van der Waals surface area contributed by atoms with Crippen LogP contribution in [0.15, 0.2) is 47.4 Å². The molecule has 0 radical (unpaired) electrons. The van der Waals surface area contributed by atoms with E-state index in [9.17, 15) is 4.79 Å². The highest BCUT2D eigenvalue weighted by atomic mass is 32.2. The van der Waals surface area contributed by atoms with Gasteiger partial charge in [0.1, 0.15) is 5.25 Å². The quantitative estimate of drug-likeness (QED) is 0.849. The van der Waals surface area contributed by atoms with Gasteiger partial charge in [-0.15, -0.1) is 11.8 Å². The van der Waals surface area contributed by atoms with E-state index in [1.165, 1.54) is 11.1 Å². The van der Waals surface area contributed by atoms with E-state index >= 15 is 0 Å². The zero-order valence-electron chi connectivity index (χ0n) is 10.0.